The number of nitrogens with zero attached hydrogens (tertiary/aromatic N) is 4. The fourth-order valence-electron chi connectivity index (χ4n) is 4.92. The average molecular weight is 518 g/mol. The summed E-state index contributed by atoms with van der Waals surface area (Å²) in [6.45, 7) is 6.15. The second kappa shape index (κ2) is 12.7. The number of nitrogens with one attached hydrogen (secondary N) is 1. The van der Waals surface area contributed by atoms with E-state index >= 15 is 0 Å². The summed E-state index contributed by atoms with van der Waals surface area (Å²) in [5, 5.41) is 17.7. The molecule has 0 bridgehead atoms. The number of para-hydroxylation sites is 1. The maximum atomic E-state index is 12.2. The van der Waals surface area contributed by atoms with E-state index in [0.717, 1.165) is 68.4 Å². The van der Waals surface area contributed by atoms with Crippen LogP contribution in [0.15, 0.2) is 28.9 Å². The van der Waals surface area contributed by atoms with Gasteiger partial charge in [-0.3, -0.25) is 9.69 Å². The highest BCUT2D eigenvalue weighted by Crippen LogP contribution is 2.34. The summed E-state index contributed by atoms with van der Waals surface area (Å²) in [4.78, 5) is 19.1. The number of halogens is 1. The molecule has 1 amide bonds. The van der Waals surface area contributed by atoms with Gasteiger partial charge in [-0.25, -0.2) is 0 Å². The number of rotatable bonds is 12. The number of aliphatic hydroxyl groups excluding tert-OH is 1. The maximum absolute atomic E-state index is 12.2. The van der Waals surface area contributed by atoms with Crippen LogP contribution in [0.2, 0.25) is 5.02 Å². The van der Waals surface area contributed by atoms with Crippen LogP contribution in [0.3, 0.4) is 0 Å². The molecule has 0 aliphatic carbocycles. The molecule has 10 heteroatoms. The summed E-state index contributed by atoms with van der Waals surface area (Å²) in [5.74, 6) is 1.59. The van der Waals surface area contributed by atoms with Crippen LogP contribution in [0.4, 0.5) is 0 Å². The topological polar surface area (TPSA) is 106 Å². The van der Waals surface area contributed by atoms with Gasteiger partial charge in [-0.2, -0.15) is 4.98 Å². The van der Waals surface area contributed by atoms with Gasteiger partial charge < -0.3 is 24.3 Å². The van der Waals surface area contributed by atoms with Gasteiger partial charge in [0.25, 0.3) is 0 Å². The third-order valence-corrected chi connectivity index (χ3v) is 7.35. The average Bonchev–Trinajstić information content (AvgIpc) is 3.50. The lowest BCUT2D eigenvalue weighted by Gasteiger charge is -2.30. The zero-order valence-electron chi connectivity index (χ0n) is 21.1. The number of hydrogen-bond acceptors (Lipinski definition) is 7. The monoisotopic (exact) mass is 517 g/mol. The second-order valence-electron chi connectivity index (χ2n) is 9.46. The maximum Gasteiger partial charge on any atom is 0.241 e. The number of aliphatic hydroxyl groups is 1. The number of benzene rings is 1. The van der Waals surface area contributed by atoms with E-state index in [1.165, 1.54) is 0 Å². The number of methoxy groups -OCH3 is 1. The predicted octanol–water partition coefficient (Wildman–Crippen LogP) is 3.73. The molecule has 3 heterocycles. The van der Waals surface area contributed by atoms with E-state index in [2.05, 4.69) is 33.1 Å². The summed E-state index contributed by atoms with van der Waals surface area (Å²) in [5.41, 5.74) is 1.89. The number of ether oxygens (including phenoxy) is 1. The van der Waals surface area contributed by atoms with Crippen molar-refractivity contribution >= 4 is 28.4 Å². The van der Waals surface area contributed by atoms with E-state index in [-0.39, 0.29) is 18.4 Å². The highest BCUT2D eigenvalue weighted by Gasteiger charge is 2.26. The van der Waals surface area contributed by atoms with E-state index in [0.29, 0.717) is 35.7 Å². The van der Waals surface area contributed by atoms with Crippen LogP contribution >= 0.6 is 11.6 Å². The minimum absolute atomic E-state index is 0.0160. The van der Waals surface area contributed by atoms with Crippen molar-refractivity contribution in [3.63, 3.8) is 0 Å². The van der Waals surface area contributed by atoms with Crippen LogP contribution in [0.1, 0.15) is 38.5 Å². The fourth-order valence-corrected chi connectivity index (χ4v) is 5.20. The molecule has 2 aromatic heterocycles. The Kier molecular flexibility index (Phi) is 9.36. The van der Waals surface area contributed by atoms with E-state index in [4.69, 9.17) is 31.0 Å². The van der Waals surface area contributed by atoms with Gasteiger partial charge in [0.2, 0.25) is 17.6 Å². The molecular formula is C26H36ClN5O4. The zero-order chi connectivity index (χ0) is 25.5. The third-order valence-electron chi connectivity index (χ3n) is 7.05. The summed E-state index contributed by atoms with van der Waals surface area (Å²) in [7, 11) is 1.73. The van der Waals surface area contributed by atoms with Gasteiger partial charge in [-0.1, -0.05) is 42.2 Å². The van der Waals surface area contributed by atoms with Crippen molar-refractivity contribution in [1.29, 1.82) is 0 Å². The van der Waals surface area contributed by atoms with Crippen LogP contribution in [0.25, 0.3) is 22.3 Å². The van der Waals surface area contributed by atoms with Crippen LogP contribution < -0.4 is 5.32 Å². The van der Waals surface area contributed by atoms with Gasteiger partial charge in [0.1, 0.15) is 0 Å². The molecule has 1 aliphatic rings. The molecule has 196 valence electrons. The first-order chi connectivity index (χ1) is 17.5. The Labute approximate surface area is 216 Å². The molecule has 0 radical (unpaired) electrons. The Bertz CT molecular complexity index is 1140. The first kappa shape index (κ1) is 26.6. The number of likely N-dealkylation sites (tertiary alicyclic amines) is 1. The summed E-state index contributed by atoms with van der Waals surface area (Å²) in [6.07, 6.45) is 5.66. The number of carbonyl (C=O) groups is 1. The highest BCUT2D eigenvalue weighted by atomic mass is 35.5. The van der Waals surface area contributed by atoms with E-state index < -0.39 is 0 Å². The lowest BCUT2D eigenvalue weighted by Crippen LogP contribution is -2.40. The van der Waals surface area contributed by atoms with Crippen LogP contribution in [0, 0.1) is 11.8 Å². The summed E-state index contributed by atoms with van der Waals surface area (Å²) >= 11 is 6.63. The normalized spacial score (nSPS) is 16.0. The standard InChI is InChI=1S/C26H36ClN5O4/c1-3-18(9-14-35-2)15-32-16-21(20-5-4-6-22(27)24(20)32)25-29-23(36-30-25)17-31-11-7-19(8-12-31)26(34)28-10-13-33/h4-6,16,18-19,33H,3,7-15,17H2,1-2H3,(H,28,34). The highest BCUT2D eigenvalue weighted by molar-refractivity contribution is 6.35. The quantitative estimate of drug-likeness (QED) is 0.377. The SMILES string of the molecule is CCC(CCOC)Cn1cc(-c2noc(CN3CCC(C(=O)NCCO)CC3)n2)c2cccc(Cl)c21. The molecule has 1 unspecified atom stereocenters. The van der Waals surface area contributed by atoms with Crippen molar-refractivity contribution in [1.82, 2.24) is 24.9 Å². The summed E-state index contributed by atoms with van der Waals surface area (Å²) in [6, 6.07) is 5.91. The molecule has 1 fully saturated rings. The van der Waals surface area contributed by atoms with Crippen molar-refractivity contribution in [3.8, 4) is 11.4 Å². The fraction of sp³-hybridized carbons (Fsp3) is 0.577. The molecule has 1 atom stereocenters. The first-order valence-corrected chi connectivity index (χ1v) is 13.1. The Hall–Kier alpha value is -2.46. The third kappa shape index (κ3) is 6.26. The van der Waals surface area contributed by atoms with Gasteiger partial charge in [0, 0.05) is 49.9 Å². The molecule has 0 saturated carbocycles. The smallest absolute Gasteiger partial charge is 0.241 e. The van der Waals surface area contributed by atoms with E-state index in [9.17, 15) is 4.79 Å². The number of aromatic nitrogens is 3. The number of fused-ring (bicyclic) bond motifs is 1. The first-order valence-electron chi connectivity index (χ1n) is 12.7. The van der Waals surface area contributed by atoms with Crippen molar-refractivity contribution in [3.05, 3.63) is 35.3 Å². The van der Waals surface area contributed by atoms with Crippen molar-refractivity contribution in [2.45, 2.75) is 45.7 Å². The van der Waals surface area contributed by atoms with Crippen LogP contribution in [-0.2, 0) is 22.6 Å². The van der Waals surface area contributed by atoms with Crippen molar-refractivity contribution in [2.75, 3.05) is 40.0 Å². The minimum Gasteiger partial charge on any atom is -0.395 e. The van der Waals surface area contributed by atoms with Gasteiger partial charge in [0.15, 0.2) is 0 Å². The minimum atomic E-state index is -0.0397. The number of amides is 1. The Balaban J connectivity index is 1.46. The van der Waals surface area contributed by atoms with E-state index in [1.54, 1.807) is 7.11 Å². The van der Waals surface area contributed by atoms with Gasteiger partial charge in [-0.05, 0) is 44.3 Å². The molecule has 2 N–H and O–H groups in total. The molecule has 4 rings (SSSR count). The number of hydrogen-bond donors (Lipinski definition) is 2. The number of piperidine rings is 1. The summed E-state index contributed by atoms with van der Waals surface area (Å²) < 4.78 is 13.1. The predicted molar refractivity (Wildman–Crippen MR) is 139 cm³/mol. The largest absolute Gasteiger partial charge is 0.395 e. The van der Waals surface area contributed by atoms with Crippen LogP contribution in [-0.4, -0.2) is 70.6 Å². The van der Waals surface area contributed by atoms with Gasteiger partial charge in [-0.15, -0.1) is 0 Å². The molecule has 3 aromatic rings. The lowest BCUT2D eigenvalue weighted by molar-refractivity contribution is -0.126. The molecule has 1 aromatic carbocycles. The molecule has 0 spiro atoms. The van der Waals surface area contributed by atoms with Crippen molar-refractivity contribution in [2.24, 2.45) is 11.8 Å². The molecule has 1 aliphatic heterocycles. The zero-order valence-corrected chi connectivity index (χ0v) is 21.8. The number of carbonyl (C=O) groups excluding carboxylic acids is 1. The second-order valence-corrected chi connectivity index (χ2v) is 9.87. The van der Waals surface area contributed by atoms with Crippen molar-refractivity contribution < 1.29 is 19.2 Å². The molecule has 9 nitrogen and oxygen atoms in total. The Morgan fingerprint density at radius 3 is 2.89 bits per heavy atom. The lowest BCUT2D eigenvalue weighted by atomic mass is 9.96. The van der Waals surface area contributed by atoms with Gasteiger partial charge >= 0.3 is 0 Å². The van der Waals surface area contributed by atoms with E-state index in [1.807, 2.05) is 18.2 Å². The molecular weight excluding hydrogens is 482 g/mol. The Morgan fingerprint density at radius 2 is 2.17 bits per heavy atom. The molecule has 36 heavy (non-hydrogen) atoms. The Morgan fingerprint density at radius 1 is 1.36 bits per heavy atom. The van der Waals surface area contributed by atoms with Gasteiger partial charge in [0.05, 0.1) is 23.7 Å². The van der Waals surface area contributed by atoms with Crippen LogP contribution in [0.5, 0.6) is 0 Å². The molecule has 1 saturated heterocycles.